The number of ketones is 1. The highest BCUT2D eigenvalue weighted by atomic mass is 32.2. The highest BCUT2D eigenvalue weighted by Gasteiger charge is 2.12. The van der Waals surface area contributed by atoms with E-state index in [1.165, 1.54) is 0 Å². The van der Waals surface area contributed by atoms with E-state index in [0.717, 1.165) is 27.8 Å². The normalized spacial score (nSPS) is 11.0. The van der Waals surface area contributed by atoms with Crippen LogP contribution in [0, 0.1) is 0 Å². The maximum absolute atomic E-state index is 12.4. The van der Waals surface area contributed by atoms with Gasteiger partial charge in [0.1, 0.15) is 5.75 Å². The molecule has 0 aliphatic carbocycles. The van der Waals surface area contributed by atoms with Crippen molar-refractivity contribution in [3.63, 3.8) is 0 Å². The van der Waals surface area contributed by atoms with Gasteiger partial charge in [0.25, 0.3) is 0 Å². The molecule has 0 saturated heterocycles. The minimum absolute atomic E-state index is 0.206. The maximum atomic E-state index is 12.4. The number of benzene rings is 2. The summed E-state index contributed by atoms with van der Waals surface area (Å²) in [6.07, 6.45) is 0.583. The fourth-order valence-electron chi connectivity index (χ4n) is 2.21. The van der Waals surface area contributed by atoms with Crippen LogP contribution in [0.2, 0.25) is 0 Å². The van der Waals surface area contributed by atoms with Crippen LogP contribution in [-0.4, -0.2) is 23.9 Å². The highest BCUT2D eigenvalue weighted by molar-refractivity contribution is 7.99. The number of rotatable bonds is 6. The average molecular weight is 288 g/mol. The fourth-order valence-corrected chi connectivity index (χ4v) is 2.99. The third-order valence-corrected chi connectivity index (χ3v) is 4.29. The molecule has 106 valence electrons. The number of carbonyl (C=O) groups is 1. The van der Waals surface area contributed by atoms with Gasteiger partial charge in [-0.15, -0.1) is 0 Å². The third-order valence-electron chi connectivity index (χ3n) is 3.18. The predicted molar refractivity (Wildman–Crippen MR) is 87.0 cm³/mol. The summed E-state index contributed by atoms with van der Waals surface area (Å²) in [5.74, 6) is 1.89. The lowest BCUT2D eigenvalue weighted by Crippen LogP contribution is -2.03. The molecule has 2 nitrogen and oxygen atoms in total. The Morgan fingerprint density at radius 2 is 1.85 bits per heavy atom. The van der Waals surface area contributed by atoms with Crippen LogP contribution < -0.4 is 4.74 Å². The van der Waals surface area contributed by atoms with Gasteiger partial charge in [-0.25, -0.2) is 0 Å². The van der Waals surface area contributed by atoms with E-state index in [9.17, 15) is 4.79 Å². The molecule has 0 spiro atoms. The van der Waals surface area contributed by atoms with Gasteiger partial charge >= 0.3 is 0 Å². The summed E-state index contributed by atoms with van der Waals surface area (Å²) in [5.41, 5.74) is 0.797. The first-order valence-corrected chi connectivity index (χ1v) is 7.89. The van der Waals surface area contributed by atoms with E-state index in [4.69, 9.17) is 4.74 Å². The van der Waals surface area contributed by atoms with Crippen molar-refractivity contribution in [1.29, 1.82) is 0 Å². The zero-order chi connectivity index (χ0) is 14.5. The van der Waals surface area contributed by atoms with Gasteiger partial charge in [0, 0.05) is 23.1 Å². The first-order chi connectivity index (χ1) is 9.63. The van der Waals surface area contributed by atoms with Gasteiger partial charge in [-0.2, -0.15) is 11.8 Å². The molecule has 0 saturated carbocycles. The first-order valence-electron chi connectivity index (χ1n) is 6.84. The second-order valence-corrected chi connectivity index (χ2v) is 6.64. The van der Waals surface area contributed by atoms with Crippen molar-refractivity contribution in [3.8, 4) is 5.75 Å². The fraction of sp³-hybridized carbons (Fsp3) is 0.353. The molecule has 0 bridgehead atoms. The number of fused-ring (bicyclic) bond motifs is 1. The molecule has 0 aliphatic rings. The number of thioether (sulfide) groups is 1. The Morgan fingerprint density at radius 3 is 2.50 bits per heavy atom. The third kappa shape index (κ3) is 3.34. The molecule has 0 aliphatic heterocycles. The molecule has 0 atom stereocenters. The molecule has 0 N–H and O–H groups in total. The van der Waals surface area contributed by atoms with E-state index in [0.29, 0.717) is 11.7 Å². The smallest absolute Gasteiger partial charge is 0.164 e. The van der Waals surface area contributed by atoms with Crippen molar-refractivity contribution in [3.05, 3.63) is 42.0 Å². The molecule has 3 heteroatoms. The van der Waals surface area contributed by atoms with Crippen molar-refractivity contribution in [2.45, 2.75) is 25.5 Å². The number of Topliss-reactive ketones (excluding diaryl/α,β-unsaturated/α-hetero) is 1. The minimum atomic E-state index is 0.206. The summed E-state index contributed by atoms with van der Waals surface area (Å²) in [6, 6.07) is 11.7. The van der Waals surface area contributed by atoms with Crippen molar-refractivity contribution < 1.29 is 9.53 Å². The van der Waals surface area contributed by atoms with Gasteiger partial charge < -0.3 is 4.74 Å². The largest absolute Gasteiger partial charge is 0.496 e. The molecule has 0 radical (unpaired) electrons. The SMILES string of the molecule is COc1ccc(C(=O)CCSC(C)C)c2ccccc12. The summed E-state index contributed by atoms with van der Waals surface area (Å²) in [5, 5.41) is 2.54. The Morgan fingerprint density at radius 1 is 1.15 bits per heavy atom. The lowest BCUT2D eigenvalue weighted by molar-refractivity contribution is 0.0991. The number of hydrogen-bond donors (Lipinski definition) is 0. The van der Waals surface area contributed by atoms with Gasteiger partial charge in [0.15, 0.2) is 5.78 Å². The van der Waals surface area contributed by atoms with Crippen molar-refractivity contribution in [2.24, 2.45) is 0 Å². The first kappa shape index (κ1) is 14.9. The van der Waals surface area contributed by atoms with E-state index in [-0.39, 0.29) is 5.78 Å². The van der Waals surface area contributed by atoms with Crippen LogP contribution in [0.3, 0.4) is 0 Å². The average Bonchev–Trinajstić information content (AvgIpc) is 2.45. The standard InChI is InChI=1S/C17H20O2S/c1-12(2)20-11-10-16(18)14-8-9-17(19-3)15-7-5-4-6-13(14)15/h4-9,12H,10-11H2,1-3H3. The monoisotopic (exact) mass is 288 g/mol. The number of carbonyl (C=O) groups excluding carboxylic acids is 1. The summed E-state index contributed by atoms with van der Waals surface area (Å²) in [6.45, 7) is 4.30. The Bertz CT molecular complexity index is 605. The number of hydrogen-bond acceptors (Lipinski definition) is 3. The molecule has 0 heterocycles. The van der Waals surface area contributed by atoms with Gasteiger partial charge in [-0.05, 0) is 22.8 Å². The Kier molecular flexibility index (Phi) is 5.07. The lowest BCUT2D eigenvalue weighted by atomic mass is 9.99. The van der Waals surface area contributed by atoms with Crippen LogP contribution in [0.1, 0.15) is 30.6 Å². The molecule has 0 unspecified atom stereocenters. The van der Waals surface area contributed by atoms with Crippen LogP contribution >= 0.6 is 11.8 Å². The van der Waals surface area contributed by atoms with Crippen LogP contribution in [-0.2, 0) is 0 Å². The lowest BCUT2D eigenvalue weighted by Gasteiger charge is -2.10. The highest BCUT2D eigenvalue weighted by Crippen LogP contribution is 2.29. The predicted octanol–water partition coefficient (Wildman–Crippen LogP) is 4.56. The Balaban J connectivity index is 2.28. The molecule has 2 aromatic carbocycles. The Labute approximate surface area is 124 Å². The zero-order valence-electron chi connectivity index (χ0n) is 12.2. The molecule has 0 amide bonds. The van der Waals surface area contributed by atoms with E-state index in [2.05, 4.69) is 13.8 Å². The molecular weight excluding hydrogens is 268 g/mol. The van der Waals surface area contributed by atoms with Gasteiger partial charge in [0.05, 0.1) is 7.11 Å². The molecule has 0 aromatic heterocycles. The molecule has 0 fully saturated rings. The topological polar surface area (TPSA) is 26.3 Å². The minimum Gasteiger partial charge on any atom is -0.496 e. The van der Waals surface area contributed by atoms with Crippen molar-refractivity contribution >= 4 is 28.3 Å². The number of ether oxygens (including phenoxy) is 1. The quantitative estimate of drug-likeness (QED) is 0.729. The zero-order valence-corrected chi connectivity index (χ0v) is 13.0. The summed E-state index contributed by atoms with van der Waals surface area (Å²) >= 11 is 1.82. The van der Waals surface area contributed by atoms with Gasteiger partial charge in [-0.1, -0.05) is 38.1 Å². The van der Waals surface area contributed by atoms with E-state index >= 15 is 0 Å². The molecule has 2 rings (SSSR count). The van der Waals surface area contributed by atoms with Crippen LogP contribution in [0.25, 0.3) is 10.8 Å². The van der Waals surface area contributed by atoms with E-state index < -0.39 is 0 Å². The van der Waals surface area contributed by atoms with Gasteiger partial charge in [-0.3, -0.25) is 4.79 Å². The molecular formula is C17H20O2S. The summed E-state index contributed by atoms with van der Waals surface area (Å²) < 4.78 is 5.36. The summed E-state index contributed by atoms with van der Waals surface area (Å²) in [4.78, 5) is 12.4. The summed E-state index contributed by atoms with van der Waals surface area (Å²) in [7, 11) is 1.66. The Hall–Kier alpha value is -1.48. The van der Waals surface area contributed by atoms with E-state index in [1.807, 2.05) is 48.2 Å². The van der Waals surface area contributed by atoms with E-state index in [1.54, 1.807) is 7.11 Å². The van der Waals surface area contributed by atoms with Crippen LogP contribution in [0.4, 0.5) is 0 Å². The molecule has 2 aromatic rings. The van der Waals surface area contributed by atoms with Gasteiger partial charge in [0.2, 0.25) is 0 Å². The van der Waals surface area contributed by atoms with Crippen molar-refractivity contribution in [1.82, 2.24) is 0 Å². The van der Waals surface area contributed by atoms with Crippen molar-refractivity contribution in [2.75, 3.05) is 12.9 Å². The maximum Gasteiger partial charge on any atom is 0.164 e. The number of methoxy groups -OCH3 is 1. The second-order valence-electron chi connectivity index (χ2n) is 4.95. The second kappa shape index (κ2) is 6.80. The van der Waals surface area contributed by atoms with Crippen LogP contribution in [0.5, 0.6) is 5.75 Å². The van der Waals surface area contributed by atoms with Crippen LogP contribution in [0.15, 0.2) is 36.4 Å². The molecule has 20 heavy (non-hydrogen) atoms.